The average Bonchev–Trinajstić information content (AvgIpc) is 2.96. The van der Waals surface area contributed by atoms with Gasteiger partial charge in [0.15, 0.2) is 0 Å². The largest absolute Gasteiger partial charge is 0.350 e. The van der Waals surface area contributed by atoms with E-state index < -0.39 is 5.41 Å². The number of amides is 1. The Morgan fingerprint density at radius 2 is 2.06 bits per heavy atom. The Kier molecular flexibility index (Phi) is 3.93. The van der Waals surface area contributed by atoms with Crippen LogP contribution >= 0.6 is 0 Å². The van der Waals surface area contributed by atoms with Crippen molar-refractivity contribution in [3.63, 3.8) is 0 Å². The number of nitrogens with one attached hydrogen (secondary N) is 1. The van der Waals surface area contributed by atoms with E-state index in [0.29, 0.717) is 18.8 Å². The molecule has 0 aromatic carbocycles. The van der Waals surface area contributed by atoms with Crippen molar-refractivity contribution in [3.8, 4) is 6.07 Å². The van der Waals surface area contributed by atoms with Gasteiger partial charge in [0, 0.05) is 12.6 Å². The Morgan fingerprint density at radius 1 is 1.50 bits per heavy atom. The second kappa shape index (κ2) is 4.84. The molecular formula is C12H21N3O. The lowest BCUT2D eigenvalue weighted by Crippen LogP contribution is -2.47. The molecule has 1 atom stereocenters. The van der Waals surface area contributed by atoms with Crippen molar-refractivity contribution in [2.75, 3.05) is 20.6 Å². The van der Waals surface area contributed by atoms with Gasteiger partial charge in [-0.15, -0.1) is 0 Å². The molecule has 0 aromatic rings. The maximum absolute atomic E-state index is 11.9. The molecule has 0 spiro atoms. The minimum Gasteiger partial charge on any atom is -0.350 e. The fraction of sp³-hybridized carbons (Fsp3) is 0.833. The lowest BCUT2D eigenvalue weighted by atomic mass is 10.0. The number of carbonyl (C=O) groups is 1. The molecule has 16 heavy (non-hydrogen) atoms. The van der Waals surface area contributed by atoms with Gasteiger partial charge in [0.1, 0.15) is 5.41 Å². The Balaban J connectivity index is 2.56. The summed E-state index contributed by atoms with van der Waals surface area (Å²) in [5.74, 6) is 0.288. The van der Waals surface area contributed by atoms with Crippen LogP contribution in [0, 0.1) is 22.7 Å². The molecule has 0 aromatic heterocycles. The zero-order chi connectivity index (χ0) is 12.3. The topological polar surface area (TPSA) is 56.1 Å². The van der Waals surface area contributed by atoms with E-state index in [4.69, 9.17) is 5.26 Å². The van der Waals surface area contributed by atoms with Gasteiger partial charge in [-0.3, -0.25) is 4.79 Å². The normalized spacial score (nSPS) is 19.3. The number of nitriles is 1. The van der Waals surface area contributed by atoms with Crippen LogP contribution in [0.5, 0.6) is 0 Å². The Hall–Kier alpha value is -1.08. The van der Waals surface area contributed by atoms with Crippen molar-refractivity contribution in [2.24, 2.45) is 11.3 Å². The highest BCUT2D eigenvalue weighted by molar-refractivity contribution is 5.88. The lowest BCUT2D eigenvalue weighted by Gasteiger charge is -2.26. The highest BCUT2D eigenvalue weighted by atomic mass is 16.2. The standard InChI is InChI=1S/C12H21N3O/c1-9(2)10(7-15(3)4)14-11(16)12(8-13)5-6-12/h9-10H,5-7H2,1-4H3,(H,14,16). The number of likely N-dealkylation sites (N-methyl/N-ethyl adjacent to an activating group) is 1. The molecule has 1 amide bonds. The summed E-state index contributed by atoms with van der Waals surface area (Å²) in [6, 6.07) is 2.24. The first kappa shape index (κ1) is 13.0. The summed E-state index contributed by atoms with van der Waals surface area (Å²) in [6.45, 7) is 4.98. The van der Waals surface area contributed by atoms with E-state index in [2.05, 4.69) is 30.1 Å². The van der Waals surface area contributed by atoms with Crippen LogP contribution in [0.15, 0.2) is 0 Å². The summed E-state index contributed by atoms with van der Waals surface area (Å²) in [6.07, 6.45) is 1.42. The molecule has 1 aliphatic carbocycles. The number of nitrogens with zero attached hydrogens (tertiary/aromatic N) is 2. The number of hydrogen-bond donors (Lipinski definition) is 1. The molecule has 4 nitrogen and oxygen atoms in total. The predicted molar refractivity (Wildman–Crippen MR) is 62.6 cm³/mol. The first-order valence-electron chi connectivity index (χ1n) is 5.78. The lowest BCUT2D eigenvalue weighted by molar-refractivity contribution is -0.125. The van der Waals surface area contributed by atoms with E-state index in [1.54, 1.807) is 0 Å². The minimum atomic E-state index is -0.709. The number of rotatable bonds is 5. The van der Waals surface area contributed by atoms with Crippen LogP contribution in [0.3, 0.4) is 0 Å². The van der Waals surface area contributed by atoms with Crippen LogP contribution in [-0.2, 0) is 4.79 Å². The zero-order valence-corrected chi connectivity index (χ0v) is 10.6. The first-order chi connectivity index (χ1) is 7.41. The highest BCUT2D eigenvalue weighted by Crippen LogP contribution is 2.45. The minimum absolute atomic E-state index is 0.0875. The van der Waals surface area contributed by atoms with Crippen molar-refractivity contribution >= 4 is 5.91 Å². The maximum atomic E-state index is 11.9. The van der Waals surface area contributed by atoms with Gasteiger partial charge >= 0.3 is 0 Å². The van der Waals surface area contributed by atoms with Crippen LogP contribution in [0.1, 0.15) is 26.7 Å². The van der Waals surface area contributed by atoms with E-state index in [9.17, 15) is 4.79 Å². The van der Waals surface area contributed by atoms with E-state index in [-0.39, 0.29) is 11.9 Å². The molecule has 1 aliphatic rings. The van der Waals surface area contributed by atoms with Crippen LogP contribution in [0.2, 0.25) is 0 Å². The van der Waals surface area contributed by atoms with Crippen molar-refractivity contribution in [2.45, 2.75) is 32.7 Å². The molecule has 4 heteroatoms. The van der Waals surface area contributed by atoms with Crippen LogP contribution in [0.25, 0.3) is 0 Å². The fourth-order valence-corrected chi connectivity index (χ4v) is 1.64. The number of carbonyl (C=O) groups excluding carboxylic acids is 1. The molecule has 0 heterocycles. The van der Waals surface area contributed by atoms with Crippen LogP contribution < -0.4 is 5.32 Å². The summed E-state index contributed by atoms with van der Waals surface area (Å²) >= 11 is 0. The summed E-state index contributed by atoms with van der Waals surface area (Å²) in [7, 11) is 3.97. The van der Waals surface area contributed by atoms with Gasteiger partial charge in [-0.25, -0.2) is 0 Å². The summed E-state index contributed by atoms with van der Waals surface area (Å²) in [4.78, 5) is 14.0. The van der Waals surface area contributed by atoms with Crippen molar-refractivity contribution in [1.29, 1.82) is 5.26 Å². The van der Waals surface area contributed by atoms with Crippen LogP contribution in [-0.4, -0.2) is 37.5 Å². The molecule has 0 bridgehead atoms. The maximum Gasteiger partial charge on any atom is 0.240 e. The van der Waals surface area contributed by atoms with Crippen molar-refractivity contribution in [3.05, 3.63) is 0 Å². The second-order valence-corrected chi connectivity index (χ2v) is 5.28. The molecule has 0 saturated heterocycles. The van der Waals surface area contributed by atoms with E-state index >= 15 is 0 Å². The molecule has 0 radical (unpaired) electrons. The molecule has 1 unspecified atom stereocenters. The van der Waals surface area contributed by atoms with Gasteiger partial charge in [-0.1, -0.05) is 13.8 Å². The van der Waals surface area contributed by atoms with Gasteiger partial charge in [-0.05, 0) is 32.9 Å². The van der Waals surface area contributed by atoms with E-state index in [1.165, 1.54) is 0 Å². The number of hydrogen-bond acceptors (Lipinski definition) is 3. The monoisotopic (exact) mass is 223 g/mol. The molecular weight excluding hydrogens is 202 g/mol. The summed E-state index contributed by atoms with van der Waals surface area (Å²) in [5, 5.41) is 11.9. The molecule has 1 fully saturated rings. The van der Waals surface area contributed by atoms with Gasteiger partial charge in [0.05, 0.1) is 6.07 Å². The third-order valence-electron chi connectivity index (χ3n) is 3.08. The van der Waals surface area contributed by atoms with Gasteiger partial charge in [-0.2, -0.15) is 5.26 Å². The van der Waals surface area contributed by atoms with Gasteiger partial charge < -0.3 is 10.2 Å². The average molecular weight is 223 g/mol. The second-order valence-electron chi connectivity index (χ2n) is 5.28. The summed E-state index contributed by atoms with van der Waals surface area (Å²) in [5.41, 5.74) is -0.709. The van der Waals surface area contributed by atoms with E-state index in [0.717, 1.165) is 6.54 Å². The van der Waals surface area contributed by atoms with Gasteiger partial charge in [0.25, 0.3) is 0 Å². The molecule has 1 N–H and O–H groups in total. The van der Waals surface area contributed by atoms with Crippen molar-refractivity contribution in [1.82, 2.24) is 10.2 Å². The quantitative estimate of drug-likeness (QED) is 0.756. The fourth-order valence-electron chi connectivity index (χ4n) is 1.64. The first-order valence-corrected chi connectivity index (χ1v) is 5.78. The Labute approximate surface area is 97.6 Å². The molecule has 90 valence electrons. The smallest absolute Gasteiger partial charge is 0.240 e. The highest BCUT2D eigenvalue weighted by Gasteiger charge is 2.51. The summed E-state index contributed by atoms with van der Waals surface area (Å²) < 4.78 is 0. The Bertz CT molecular complexity index is 300. The third-order valence-corrected chi connectivity index (χ3v) is 3.08. The Morgan fingerprint density at radius 3 is 2.38 bits per heavy atom. The predicted octanol–water partition coefficient (Wildman–Crippen LogP) is 0.993. The van der Waals surface area contributed by atoms with Gasteiger partial charge in [0.2, 0.25) is 5.91 Å². The van der Waals surface area contributed by atoms with Crippen LogP contribution in [0.4, 0.5) is 0 Å². The third kappa shape index (κ3) is 2.96. The molecule has 1 saturated carbocycles. The zero-order valence-electron chi connectivity index (χ0n) is 10.6. The van der Waals surface area contributed by atoms with Crippen molar-refractivity contribution < 1.29 is 4.79 Å². The molecule has 0 aliphatic heterocycles. The SMILES string of the molecule is CC(C)C(CN(C)C)NC(=O)C1(C#N)CC1. The van der Waals surface area contributed by atoms with E-state index in [1.807, 2.05) is 14.1 Å². The molecule has 1 rings (SSSR count).